The molecule has 0 unspecified atom stereocenters. The maximum absolute atomic E-state index is 12.6. The molecule has 0 saturated heterocycles. The Morgan fingerprint density at radius 1 is 1.42 bits per heavy atom. The standard InChI is InChI=1S/C17H16N4O3/c1-24-15-8-14-10(9-18-20-14)7-12(15)16(22)19-13-3-2-6-21(17(13)23)11-4-5-11/h2-3,6-9,11H,4-5H2,1H3,(H,18,20)(H,19,22). The van der Waals surface area contributed by atoms with Crippen molar-refractivity contribution in [2.45, 2.75) is 18.9 Å². The number of ether oxygens (including phenoxy) is 1. The Morgan fingerprint density at radius 2 is 2.25 bits per heavy atom. The number of hydrogen-bond donors (Lipinski definition) is 2. The molecule has 0 aliphatic heterocycles. The van der Waals surface area contributed by atoms with Crippen LogP contribution in [0.25, 0.3) is 10.9 Å². The topological polar surface area (TPSA) is 89.0 Å². The van der Waals surface area contributed by atoms with Crippen LogP contribution in [0.4, 0.5) is 5.69 Å². The van der Waals surface area contributed by atoms with Crippen LogP contribution in [-0.2, 0) is 0 Å². The second kappa shape index (κ2) is 5.52. The van der Waals surface area contributed by atoms with Gasteiger partial charge < -0.3 is 14.6 Å². The summed E-state index contributed by atoms with van der Waals surface area (Å²) in [7, 11) is 1.50. The molecule has 1 aliphatic carbocycles. The first-order valence-electron chi connectivity index (χ1n) is 7.71. The molecule has 0 radical (unpaired) electrons. The highest BCUT2D eigenvalue weighted by Gasteiger charge is 2.25. The summed E-state index contributed by atoms with van der Waals surface area (Å²) < 4.78 is 6.96. The van der Waals surface area contributed by atoms with Gasteiger partial charge in [0, 0.05) is 23.7 Å². The molecule has 1 amide bonds. The van der Waals surface area contributed by atoms with Crippen molar-refractivity contribution in [2.24, 2.45) is 0 Å². The summed E-state index contributed by atoms with van der Waals surface area (Å²) in [5.41, 5.74) is 1.22. The van der Waals surface area contributed by atoms with Crippen molar-refractivity contribution in [3.63, 3.8) is 0 Å². The Balaban J connectivity index is 1.69. The third-order valence-electron chi connectivity index (χ3n) is 4.17. The Kier molecular flexibility index (Phi) is 3.34. The first-order chi connectivity index (χ1) is 11.7. The highest BCUT2D eigenvalue weighted by molar-refractivity contribution is 6.08. The molecule has 122 valence electrons. The van der Waals surface area contributed by atoms with E-state index >= 15 is 0 Å². The fourth-order valence-corrected chi connectivity index (χ4v) is 2.75. The summed E-state index contributed by atoms with van der Waals surface area (Å²) in [6, 6.07) is 7.04. The van der Waals surface area contributed by atoms with Crippen molar-refractivity contribution in [1.82, 2.24) is 14.8 Å². The number of aromatic amines is 1. The maximum atomic E-state index is 12.6. The molecule has 0 atom stereocenters. The minimum Gasteiger partial charge on any atom is -0.496 e. The highest BCUT2D eigenvalue weighted by Crippen LogP contribution is 2.33. The maximum Gasteiger partial charge on any atom is 0.274 e. The molecule has 0 bridgehead atoms. The summed E-state index contributed by atoms with van der Waals surface area (Å²) in [5, 5.41) is 10.3. The molecule has 1 saturated carbocycles. The van der Waals surface area contributed by atoms with Gasteiger partial charge in [-0.15, -0.1) is 0 Å². The first kappa shape index (κ1) is 14.5. The van der Waals surface area contributed by atoms with Gasteiger partial charge in [-0.2, -0.15) is 5.10 Å². The van der Waals surface area contributed by atoms with Crippen LogP contribution in [-0.4, -0.2) is 27.8 Å². The quantitative estimate of drug-likeness (QED) is 0.771. The van der Waals surface area contributed by atoms with Crippen molar-refractivity contribution >= 4 is 22.5 Å². The van der Waals surface area contributed by atoms with E-state index in [0.29, 0.717) is 11.3 Å². The number of fused-ring (bicyclic) bond motifs is 1. The number of hydrogen-bond acceptors (Lipinski definition) is 4. The fourth-order valence-electron chi connectivity index (χ4n) is 2.75. The monoisotopic (exact) mass is 324 g/mol. The molecule has 2 heterocycles. The first-order valence-corrected chi connectivity index (χ1v) is 7.71. The molecule has 0 spiro atoms. The van der Waals surface area contributed by atoms with Crippen molar-refractivity contribution in [2.75, 3.05) is 12.4 Å². The summed E-state index contributed by atoms with van der Waals surface area (Å²) >= 11 is 0. The van der Waals surface area contributed by atoms with Crippen LogP contribution >= 0.6 is 0 Å². The van der Waals surface area contributed by atoms with E-state index in [1.54, 1.807) is 41.2 Å². The van der Waals surface area contributed by atoms with E-state index in [2.05, 4.69) is 15.5 Å². The third-order valence-corrected chi connectivity index (χ3v) is 4.17. The zero-order chi connectivity index (χ0) is 16.7. The molecule has 24 heavy (non-hydrogen) atoms. The van der Waals surface area contributed by atoms with Gasteiger partial charge in [-0.1, -0.05) is 0 Å². The van der Waals surface area contributed by atoms with E-state index in [4.69, 9.17) is 4.74 Å². The lowest BCUT2D eigenvalue weighted by molar-refractivity contribution is 0.102. The number of H-pyrrole nitrogens is 1. The number of nitrogens with zero attached hydrogens (tertiary/aromatic N) is 2. The van der Waals surface area contributed by atoms with Crippen LogP contribution in [0.2, 0.25) is 0 Å². The molecular formula is C17H16N4O3. The summed E-state index contributed by atoms with van der Waals surface area (Å²) in [6.45, 7) is 0. The van der Waals surface area contributed by atoms with Gasteiger partial charge in [-0.05, 0) is 31.0 Å². The van der Waals surface area contributed by atoms with Gasteiger partial charge in [0.15, 0.2) is 0 Å². The Morgan fingerprint density at radius 3 is 3.00 bits per heavy atom. The number of methoxy groups -OCH3 is 1. The normalized spacial score (nSPS) is 13.9. The number of pyridine rings is 1. The van der Waals surface area contributed by atoms with Crippen LogP contribution in [0, 0.1) is 0 Å². The summed E-state index contributed by atoms with van der Waals surface area (Å²) in [4.78, 5) is 25.1. The van der Waals surface area contributed by atoms with E-state index < -0.39 is 0 Å². The van der Waals surface area contributed by atoms with Gasteiger partial charge in [0.2, 0.25) is 0 Å². The van der Waals surface area contributed by atoms with Gasteiger partial charge >= 0.3 is 0 Å². The largest absolute Gasteiger partial charge is 0.496 e. The summed E-state index contributed by atoms with van der Waals surface area (Å²) in [6.07, 6.45) is 5.40. The second-order valence-electron chi connectivity index (χ2n) is 5.83. The number of amides is 1. The van der Waals surface area contributed by atoms with Gasteiger partial charge in [-0.3, -0.25) is 14.7 Å². The zero-order valence-electron chi connectivity index (χ0n) is 13.1. The minimum absolute atomic E-state index is 0.184. The Hall–Kier alpha value is -3.09. The van der Waals surface area contributed by atoms with Gasteiger partial charge in [0.05, 0.1) is 24.4 Å². The van der Waals surface area contributed by atoms with Crippen LogP contribution in [0.5, 0.6) is 5.75 Å². The van der Waals surface area contributed by atoms with Gasteiger partial charge in [-0.25, -0.2) is 0 Å². The van der Waals surface area contributed by atoms with E-state index in [-0.39, 0.29) is 23.2 Å². The number of nitrogens with one attached hydrogen (secondary N) is 2. The van der Waals surface area contributed by atoms with E-state index in [0.717, 1.165) is 23.7 Å². The molecule has 1 aliphatic rings. The molecule has 7 nitrogen and oxygen atoms in total. The molecule has 1 fully saturated rings. The Labute approximate surface area is 137 Å². The van der Waals surface area contributed by atoms with E-state index in [9.17, 15) is 9.59 Å². The summed E-state index contributed by atoms with van der Waals surface area (Å²) in [5.74, 6) is 0.0308. The van der Waals surface area contributed by atoms with Crippen LogP contribution in [0.3, 0.4) is 0 Å². The van der Waals surface area contributed by atoms with Crippen molar-refractivity contribution in [3.8, 4) is 5.75 Å². The molecule has 2 aromatic heterocycles. The Bertz CT molecular complexity index is 985. The lowest BCUT2D eigenvalue weighted by Crippen LogP contribution is -2.25. The second-order valence-corrected chi connectivity index (χ2v) is 5.83. The van der Waals surface area contributed by atoms with Crippen molar-refractivity contribution in [3.05, 3.63) is 52.6 Å². The highest BCUT2D eigenvalue weighted by atomic mass is 16.5. The lowest BCUT2D eigenvalue weighted by atomic mass is 10.1. The molecule has 2 N–H and O–H groups in total. The number of rotatable bonds is 4. The van der Waals surface area contributed by atoms with E-state index in [1.165, 1.54) is 7.11 Å². The van der Waals surface area contributed by atoms with Crippen molar-refractivity contribution in [1.29, 1.82) is 0 Å². The molecule has 3 aromatic rings. The molecular weight excluding hydrogens is 308 g/mol. The predicted octanol–water partition coefficient (Wildman–Crippen LogP) is 2.32. The number of benzene rings is 1. The number of aromatic nitrogens is 3. The third kappa shape index (κ3) is 2.44. The van der Waals surface area contributed by atoms with Crippen molar-refractivity contribution < 1.29 is 9.53 Å². The van der Waals surface area contributed by atoms with Gasteiger partial charge in [0.25, 0.3) is 11.5 Å². The lowest BCUT2D eigenvalue weighted by Gasteiger charge is -2.11. The fraction of sp³-hybridized carbons (Fsp3) is 0.235. The number of carbonyl (C=O) groups is 1. The van der Waals surface area contributed by atoms with E-state index in [1.807, 2.05) is 0 Å². The predicted molar refractivity (Wildman–Crippen MR) is 89.6 cm³/mol. The zero-order valence-corrected chi connectivity index (χ0v) is 13.1. The van der Waals surface area contributed by atoms with Gasteiger partial charge in [0.1, 0.15) is 11.4 Å². The smallest absolute Gasteiger partial charge is 0.274 e. The average molecular weight is 324 g/mol. The van der Waals surface area contributed by atoms with Crippen LogP contribution in [0.1, 0.15) is 29.2 Å². The molecule has 4 rings (SSSR count). The average Bonchev–Trinajstić information content (AvgIpc) is 3.32. The SMILES string of the molecule is COc1cc2[nH]ncc2cc1C(=O)Nc1cccn(C2CC2)c1=O. The molecule has 7 heteroatoms. The minimum atomic E-state index is -0.388. The molecule has 1 aromatic carbocycles. The van der Waals surface area contributed by atoms with Crippen LogP contribution in [0.15, 0.2) is 41.5 Å². The number of carbonyl (C=O) groups excluding carboxylic acids is 1. The number of anilines is 1. The van der Waals surface area contributed by atoms with Crippen LogP contribution < -0.4 is 15.6 Å².